The van der Waals surface area contributed by atoms with E-state index in [0.29, 0.717) is 17.9 Å². The Morgan fingerprint density at radius 3 is 2.65 bits per heavy atom. The van der Waals surface area contributed by atoms with Crippen LogP contribution in [0.2, 0.25) is 0 Å². The molecule has 0 saturated carbocycles. The SMILES string of the molecule is Cc1cccnc1CNc1ccc(S(C)(=O)=O)cc1N. The van der Waals surface area contributed by atoms with Gasteiger partial charge in [-0.2, -0.15) is 0 Å². The summed E-state index contributed by atoms with van der Waals surface area (Å²) in [4.78, 5) is 4.50. The molecule has 0 amide bonds. The molecule has 1 aromatic heterocycles. The standard InChI is InChI=1S/C14H17N3O2S/c1-10-4-3-7-16-14(10)9-17-13-6-5-11(8-12(13)15)20(2,18)19/h3-8,17H,9,15H2,1-2H3. The number of benzene rings is 1. The van der Waals surface area contributed by atoms with Crippen LogP contribution in [-0.2, 0) is 16.4 Å². The second-order valence-corrected chi connectivity index (χ2v) is 6.66. The molecule has 0 aliphatic carbocycles. The highest BCUT2D eigenvalue weighted by atomic mass is 32.2. The number of aromatic nitrogens is 1. The van der Waals surface area contributed by atoms with E-state index in [1.165, 1.54) is 6.07 Å². The second-order valence-electron chi connectivity index (χ2n) is 4.64. The van der Waals surface area contributed by atoms with Crippen LogP contribution in [0.1, 0.15) is 11.3 Å². The van der Waals surface area contributed by atoms with Crippen LogP contribution in [0.3, 0.4) is 0 Å². The minimum absolute atomic E-state index is 0.217. The maximum atomic E-state index is 11.4. The predicted molar refractivity (Wildman–Crippen MR) is 80.3 cm³/mol. The van der Waals surface area contributed by atoms with Gasteiger partial charge in [-0.05, 0) is 36.8 Å². The Balaban J connectivity index is 2.17. The fourth-order valence-electron chi connectivity index (χ4n) is 1.81. The Hall–Kier alpha value is -2.08. The molecule has 0 aliphatic rings. The van der Waals surface area contributed by atoms with Crippen LogP contribution < -0.4 is 11.1 Å². The third kappa shape index (κ3) is 3.27. The van der Waals surface area contributed by atoms with Gasteiger partial charge in [-0.15, -0.1) is 0 Å². The first-order valence-corrected chi connectivity index (χ1v) is 8.01. The average Bonchev–Trinajstić information content (AvgIpc) is 2.38. The summed E-state index contributed by atoms with van der Waals surface area (Å²) < 4.78 is 22.9. The number of nitrogens with zero attached hydrogens (tertiary/aromatic N) is 1. The number of hydrogen-bond acceptors (Lipinski definition) is 5. The largest absolute Gasteiger partial charge is 0.397 e. The van der Waals surface area contributed by atoms with Gasteiger partial charge >= 0.3 is 0 Å². The van der Waals surface area contributed by atoms with E-state index >= 15 is 0 Å². The van der Waals surface area contributed by atoms with Crippen molar-refractivity contribution in [1.29, 1.82) is 0 Å². The number of anilines is 2. The Labute approximate surface area is 118 Å². The smallest absolute Gasteiger partial charge is 0.175 e. The minimum Gasteiger partial charge on any atom is -0.397 e. The number of sulfone groups is 1. The topological polar surface area (TPSA) is 85.1 Å². The molecule has 0 unspecified atom stereocenters. The van der Waals surface area contributed by atoms with Crippen molar-refractivity contribution in [2.75, 3.05) is 17.3 Å². The zero-order valence-corrected chi connectivity index (χ0v) is 12.2. The second kappa shape index (κ2) is 5.50. The third-order valence-electron chi connectivity index (χ3n) is 3.02. The highest BCUT2D eigenvalue weighted by Gasteiger charge is 2.09. The van der Waals surface area contributed by atoms with Crippen molar-refractivity contribution in [3.05, 3.63) is 47.8 Å². The van der Waals surface area contributed by atoms with Crippen molar-refractivity contribution in [2.45, 2.75) is 18.4 Å². The molecule has 0 spiro atoms. The fraction of sp³-hybridized carbons (Fsp3) is 0.214. The van der Waals surface area contributed by atoms with Gasteiger partial charge in [0.25, 0.3) is 0 Å². The molecule has 0 atom stereocenters. The van der Waals surface area contributed by atoms with Gasteiger partial charge in [0, 0.05) is 12.5 Å². The van der Waals surface area contributed by atoms with E-state index in [0.717, 1.165) is 17.5 Å². The van der Waals surface area contributed by atoms with Crippen LogP contribution in [0.4, 0.5) is 11.4 Å². The van der Waals surface area contributed by atoms with Gasteiger partial charge in [-0.25, -0.2) is 8.42 Å². The lowest BCUT2D eigenvalue weighted by atomic mass is 10.2. The predicted octanol–water partition coefficient (Wildman–Crippen LogP) is 1.99. The number of nitrogens with one attached hydrogen (secondary N) is 1. The van der Waals surface area contributed by atoms with Crippen LogP contribution >= 0.6 is 0 Å². The van der Waals surface area contributed by atoms with Crippen LogP contribution in [0.15, 0.2) is 41.4 Å². The fourth-order valence-corrected chi connectivity index (χ4v) is 2.47. The quantitative estimate of drug-likeness (QED) is 0.841. The molecule has 6 heteroatoms. The molecule has 0 fully saturated rings. The molecule has 3 N–H and O–H groups in total. The van der Waals surface area contributed by atoms with E-state index in [9.17, 15) is 8.42 Å². The lowest BCUT2D eigenvalue weighted by molar-refractivity contribution is 0.602. The minimum atomic E-state index is -3.24. The maximum absolute atomic E-state index is 11.4. The zero-order chi connectivity index (χ0) is 14.8. The third-order valence-corrected chi connectivity index (χ3v) is 4.13. The molecule has 1 heterocycles. The summed E-state index contributed by atoms with van der Waals surface area (Å²) in [5, 5.41) is 3.17. The van der Waals surface area contributed by atoms with Gasteiger partial charge in [0.15, 0.2) is 9.84 Å². The highest BCUT2D eigenvalue weighted by Crippen LogP contribution is 2.23. The first kappa shape index (κ1) is 14.3. The lowest BCUT2D eigenvalue weighted by Crippen LogP contribution is -2.06. The molecule has 5 nitrogen and oxygen atoms in total. The Morgan fingerprint density at radius 1 is 1.30 bits per heavy atom. The maximum Gasteiger partial charge on any atom is 0.175 e. The molecule has 0 saturated heterocycles. The number of aryl methyl sites for hydroxylation is 1. The molecular formula is C14H17N3O2S. The lowest BCUT2D eigenvalue weighted by Gasteiger charge is -2.11. The van der Waals surface area contributed by atoms with Crippen LogP contribution in [0.25, 0.3) is 0 Å². The number of nitrogen functional groups attached to an aromatic ring is 1. The van der Waals surface area contributed by atoms with Crippen molar-refractivity contribution in [3.8, 4) is 0 Å². The zero-order valence-electron chi connectivity index (χ0n) is 11.4. The van der Waals surface area contributed by atoms with Gasteiger partial charge in [-0.1, -0.05) is 6.07 Å². The summed E-state index contributed by atoms with van der Waals surface area (Å²) in [7, 11) is -3.24. The van der Waals surface area contributed by atoms with Crippen molar-refractivity contribution in [1.82, 2.24) is 4.98 Å². The van der Waals surface area contributed by atoms with E-state index in [1.54, 1.807) is 18.3 Å². The van der Waals surface area contributed by atoms with Gasteiger partial charge in [0.2, 0.25) is 0 Å². The van der Waals surface area contributed by atoms with Crippen molar-refractivity contribution < 1.29 is 8.42 Å². The average molecular weight is 291 g/mol. The molecule has 0 radical (unpaired) electrons. The molecule has 20 heavy (non-hydrogen) atoms. The van der Waals surface area contributed by atoms with Crippen molar-refractivity contribution in [2.24, 2.45) is 0 Å². The van der Waals surface area contributed by atoms with Crippen LogP contribution in [0.5, 0.6) is 0 Å². The Morgan fingerprint density at radius 2 is 2.05 bits per heavy atom. The summed E-state index contributed by atoms with van der Waals surface area (Å²) in [6.07, 6.45) is 2.90. The van der Waals surface area contributed by atoms with E-state index in [4.69, 9.17) is 5.73 Å². The molecule has 2 aromatic rings. The van der Waals surface area contributed by atoms with Gasteiger partial charge in [-0.3, -0.25) is 4.98 Å². The molecular weight excluding hydrogens is 274 g/mol. The van der Waals surface area contributed by atoms with Crippen LogP contribution in [0, 0.1) is 6.92 Å². The van der Waals surface area contributed by atoms with Crippen LogP contribution in [-0.4, -0.2) is 19.7 Å². The Kier molecular flexibility index (Phi) is 3.94. The summed E-state index contributed by atoms with van der Waals surface area (Å²) in [6, 6.07) is 8.54. The van der Waals surface area contributed by atoms with Crippen molar-refractivity contribution in [3.63, 3.8) is 0 Å². The number of nitrogens with two attached hydrogens (primary N) is 1. The van der Waals surface area contributed by atoms with E-state index in [-0.39, 0.29) is 4.90 Å². The van der Waals surface area contributed by atoms with E-state index in [1.807, 2.05) is 19.1 Å². The van der Waals surface area contributed by atoms with E-state index < -0.39 is 9.84 Å². The number of hydrogen-bond donors (Lipinski definition) is 2. The molecule has 0 aliphatic heterocycles. The highest BCUT2D eigenvalue weighted by molar-refractivity contribution is 7.90. The van der Waals surface area contributed by atoms with Crippen molar-refractivity contribution >= 4 is 21.2 Å². The number of rotatable bonds is 4. The molecule has 106 valence electrons. The summed E-state index contributed by atoms with van der Waals surface area (Å²) in [5.41, 5.74) is 8.99. The molecule has 0 bridgehead atoms. The normalized spacial score (nSPS) is 11.3. The van der Waals surface area contributed by atoms with Gasteiger partial charge < -0.3 is 11.1 Å². The number of pyridine rings is 1. The Bertz CT molecular complexity index is 727. The summed E-state index contributed by atoms with van der Waals surface area (Å²) >= 11 is 0. The van der Waals surface area contributed by atoms with E-state index in [2.05, 4.69) is 10.3 Å². The van der Waals surface area contributed by atoms with Gasteiger partial charge in [0.05, 0.1) is 28.5 Å². The first-order valence-electron chi connectivity index (χ1n) is 6.12. The summed E-state index contributed by atoms with van der Waals surface area (Å²) in [6.45, 7) is 2.52. The monoisotopic (exact) mass is 291 g/mol. The van der Waals surface area contributed by atoms with Gasteiger partial charge in [0.1, 0.15) is 0 Å². The first-order chi connectivity index (χ1) is 9.38. The molecule has 2 rings (SSSR count). The molecule has 1 aromatic carbocycles. The summed E-state index contributed by atoms with van der Waals surface area (Å²) in [5.74, 6) is 0.